The molecule has 6 nitrogen and oxygen atoms in total. The Labute approximate surface area is 122 Å². The topological polar surface area (TPSA) is 75.8 Å². The van der Waals surface area contributed by atoms with E-state index in [0.29, 0.717) is 25.2 Å². The van der Waals surface area contributed by atoms with Gasteiger partial charge in [-0.1, -0.05) is 6.07 Å². The van der Waals surface area contributed by atoms with E-state index in [1.54, 1.807) is 6.07 Å². The summed E-state index contributed by atoms with van der Waals surface area (Å²) in [4.78, 5) is 11.9. The molecule has 0 aromatic heterocycles. The van der Waals surface area contributed by atoms with Crippen LogP contribution in [-0.4, -0.2) is 46.3 Å². The van der Waals surface area contributed by atoms with Gasteiger partial charge in [0.2, 0.25) is 5.82 Å². The predicted molar refractivity (Wildman–Crippen MR) is 74.4 cm³/mol. The van der Waals surface area contributed by atoms with Gasteiger partial charge < -0.3 is 9.84 Å². The van der Waals surface area contributed by atoms with E-state index >= 15 is 0 Å². The van der Waals surface area contributed by atoms with E-state index in [2.05, 4.69) is 0 Å². The van der Waals surface area contributed by atoms with Crippen LogP contribution in [0, 0.1) is 15.9 Å². The Morgan fingerprint density at radius 3 is 2.86 bits per heavy atom. The first-order valence-corrected chi connectivity index (χ1v) is 6.74. The van der Waals surface area contributed by atoms with Crippen LogP contribution in [0.25, 0.3) is 0 Å². The molecule has 21 heavy (non-hydrogen) atoms. The lowest BCUT2D eigenvalue weighted by Crippen LogP contribution is -2.53. The number of hydrogen-bond donors (Lipinski definition) is 1. The zero-order valence-corrected chi connectivity index (χ0v) is 12.1. The molecule has 0 amide bonds. The molecule has 116 valence electrons. The summed E-state index contributed by atoms with van der Waals surface area (Å²) in [6.45, 7) is 5.42. The number of rotatable bonds is 4. The summed E-state index contributed by atoms with van der Waals surface area (Å²) < 4.78 is 19.3. The van der Waals surface area contributed by atoms with Crippen molar-refractivity contribution in [2.75, 3.05) is 19.7 Å². The smallest absolute Gasteiger partial charge is 0.304 e. The number of nitro groups is 1. The van der Waals surface area contributed by atoms with Gasteiger partial charge in [-0.25, -0.2) is 0 Å². The molecule has 1 aliphatic rings. The number of halogens is 1. The van der Waals surface area contributed by atoms with Crippen molar-refractivity contribution < 1.29 is 19.2 Å². The van der Waals surface area contributed by atoms with Gasteiger partial charge in [0.15, 0.2) is 0 Å². The molecule has 0 bridgehead atoms. The molecule has 1 aliphatic heterocycles. The second-order valence-corrected chi connectivity index (χ2v) is 5.89. The summed E-state index contributed by atoms with van der Waals surface area (Å²) in [6.07, 6.45) is -0.281. The van der Waals surface area contributed by atoms with E-state index in [4.69, 9.17) is 4.74 Å². The van der Waals surface area contributed by atoms with Gasteiger partial charge in [0.1, 0.15) is 0 Å². The molecule has 0 aliphatic carbocycles. The highest BCUT2D eigenvalue weighted by atomic mass is 19.1. The van der Waals surface area contributed by atoms with E-state index in [0.717, 1.165) is 0 Å². The van der Waals surface area contributed by atoms with Crippen LogP contribution in [0.3, 0.4) is 0 Å². The zero-order valence-electron chi connectivity index (χ0n) is 12.1. The van der Waals surface area contributed by atoms with Crippen LogP contribution in [0.5, 0.6) is 0 Å². The second kappa shape index (κ2) is 6.05. The highest BCUT2D eigenvalue weighted by Gasteiger charge is 2.33. The maximum atomic E-state index is 13.6. The first-order chi connectivity index (χ1) is 9.80. The molecule has 1 aromatic rings. The summed E-state index contributed by atoms with van der Waals surface area (Å²) in [6, 6.07) is 3.92. The third-order valence-electron chi connectivity index (χ3n) is 3.37. The highest BCUT2D eigenvalue weighted by Crippen LogP contribution is 2.24. The van der Waals surface area contributed by atoms with Crippen molar-refractivity contribution >= 4 is 5.69 Å². The third kappa shape index (κ3) is 3.96. The molecule has 0 radical (unpaired) electrons. The van der Waals surface area contributed by atoms with Crippen LogP contribution in [0.2, 0.25) is 0 Å². The second-order valence-electron chi connectivity index (χ2n) is 5.89. The molecule has 0 spiro atoms. The van der Waals surface area contributed by atoms with Crippen molar-refractivity contribution in [3.05, 3.63) is 39.7 Å². The summed E-state index contributed by atoms with van der Waals surface area (Å²) in [5.41, 5.74) is -0.257. The Bertz CT molecular complexity index is 536. The number of aliphatic hydroxyl groups excluding tert-OH is 1. The lowest BCUT2D eigenvalue weighted by atomic mass is 10.0. The molecule has 1 fully saturated rings. The number of ether oxygens (including phenoxy) is 1. The minimum Gasteiger partial charge on any atom is -0.394 e. The van der Waals surface area contributed by atoms with Gasteiger partial charge in [-0.05, 0) is 25.5 Å². The molecule has 7 heteroatoms. The van der Waals surface area contributed by atoms with Crippen molar-refractivity contribution in [2.24, 2.45) is 0 Å². The number of benzene rings is 1. The van der Waals surface area contributed by atoms with Crippen LogP contribution in [0.4, 0.5) is 10.1 Å². The van der Waals surface area contributed by atoms with Gasteiger partial charge in [0.25, 0.3) is 0 Å². The first kappa shape index (κ1) is 15.8. The fourth-order valence-electron chi connectivity index (χ4n) is 2.69. The van der Waals surface area contributed by atoms with Crippen LogP contribution < -0.4 is 0 Å². The first-order valence-electron chi connectivity index (χ1n) is 6.74. The van der Waals surface area contributed by atoms with Crippen LogP contribution in [-0.2, 0) is 11.3 Å². The van der Waals surface area contributed by atoms with Crippen molar-refractivity contribution in [1.82, 2.24) is 4.90 Å². The van der Waals surface area contributed by atoms with Gasteiger partial charge >= 0.3 is 5.69 Å². The average molecular weight is 298 g/mol. The van der Waals surface area contributed by atoms with Gasteiger partial charge in [-0.15, -0.1) is 0 Å². The monoisotopic (exact) mass is 298 g/mol. The van der Waals surface area contributed by atoms with Gasteiger partial charge in [0, 0.05) is 25.7 Å². The van der Waals surface area contributed by atoms with Crippen LogP contribution in [0.1, 0.15) is 19.4 Å². The average Bonchev–Trinajstić information content (AvgIpc) is 2.36. The van der Waals surface area contributed by atoms with Crippen LogP contribution in [0.15, 0.2) is 18.2 Å². The Morgan fingerprint density at radius 1 is 1.57 bits per heavy atom. The minimum atomic E-state index is -0.830. The fourth-order valence-corrected chi connectivity index (χ4v) is 2.69. The largest absolute Gasteiger partial charge is 0.394 e. The van der Waals surface area contributed by atoms with E-state index in [1.807, 2.05) is 18.7 Å². The maximum Gasteiger partial charge on any atom is 0.304 e. The Kier molecular flexibility index (Phi) is 4.55. The van der Waals surface area contributed by atoms with E-state index in [1.165, 1.54) is 12.1 Å². The van der Waals surface area contributed by atoms with Crippen molar-refractivity contribution in [1.29, 1.82) is 0 Å². The van der Waals surface area contributed by atoms with Gasteiger partial charge in [0.05, 0.1) is 23.2 Å². The Balaban J connectivity index is 2.10. The SMILES string of the molecule is CC1(C)CN(Cc2ccc([N+](=O)[O-])c(F)c2)CC(CO)O1. The quantitative estimate of drug-likeness (QED) is 0.676. The number of hydrogen-bond acceptors (Lipinski definition) is 5. The lowest BCUT2D eigenvalue weighted by molar-refractivity contribution is -0.387. The summed E-state index contributed by atoms with van der Waals surface area (Å²) in [7, 11) is 0. The highest BCUT2D eigenvalue weighted by molar-refractivity contribution is 5.35. The maximum absolute atomic E-state index is 13.6. The zero-order chi connectivity index (χ0) is 15.6. The number of nitro benzene ring substituents is 1. The van der Waals surface area contributed by atoms with E-state index in [-0.39, 0.29) is 12.7 Å². The van der Waals surface area contributed by atoms with Crippen molar-refractivity contribution in [3.8, 4) is 0 Å². The molecule has 1 heterocycles. The molecule has 1 N–H and O–H groups in total. The molecular weight excluding hydrogens is 279 g/mol. The van der Waals surface area contributed by atoms with E-state index in [9.17, 15) is 19.6 Å². The summed E-state index contributed by atoms with van der Waals surface area (Å²) in [5.74, 6) is -0.830. The molecule has 0 saturated carbocycles. The van der Waals surface area contributed by atoms with Crippen LogP contribution >= 0.6 is 0 Å². The molecule has 1 unspecified atom stereocenters. The Morgan fingerprint density at radius 2 is 2.29 bits per heavy atom. The number of morpholine rings is 1. The van der Waals surface area contributed by atoms with Crippen molar-refractivity contribution in [2.45, 2.75) is 32.1 Å². The fraction of sp³-hybridized carbons (Fsp3) is 0.571. The van der Waals surface area contributed by atoms with Gasteiger partial charge in [-0.2, -0.15) is 4.39 Å². The number of nitrogens with zero attached hydrogens (tertiary/aromatic N) is 2. The lowest BCUT2D eigenvalue weighted by Gasteiger charge is -2.42. The normalized spacial score (nSPS) is 22.2. The predicted octanol–water partition coefficient (Wildman–Crippen LogP) is 1.71. The standard InChI is InChI=1S/C14H19FN2O4/c1-14(2)9-16(7-11(8-18)21-14)6-10-3-4-13(17(19)20)12(15)5-10/h3-5,11,18H,6-9H2,1-2H3. The van der Waals surface area contributed by atoms with E-state index < -0.39 is 22.0 Å². The molecule has 2 rings (SSSR count). The Hall–Kier alpha value is -1.57. The molecule has 1 saturated heterocycles. The molecular formula is C14H19FN2O4. The van der Waals surface area contributed by atoms with Crippen molar-refractivity contribution in [3.63, 3.8) is 0 Å². The van der Waals surface area contributed by atoms with Gasteiger partial charge in [-0.3, -0.25) is 15.0 Å². The number of aliphatic hydroxyl groups is 1. The summed E-state index contributed by atoms with van der Waals surface area (Å²) >= 11 is 0. The summed E-state index contributed by atoms with van der Waals surface area (Å²) in [5, 5.41) is 19.9. The minimum absolute atomic E-state index is 0.0748. The molecule has 1 aromatic carbocycles. The third-order valence-corrected chi connectivity index (χ3v) is 3.37. The molecule has 1 atom stereocenters.